The molecule has 0 saturated carbocycles. The number of carboxylic acids is 1. The Kier molecular flexibility index (Phi) is 6.72. The maximum absolute atomic E-state index is 13.4. The molecular weight excluding hydrogens is 516 g/mol. The van der Waals surface area contributed by atoms with Crippen LogP contribution in [0.25, 0.3) is 0 Å². The van der Waals surface area contributed by atoms with Crippen LogP contribution < -0.4 is 14.4 Å². The molecule has 1 aliphatic heterocycles. The molecule has 1 amide bonds. The molecule has 3 aromatic carbocycles. The molecule has 1 aromatic heterocycles. The summed E-state index contributed by atoms with van der Waals surface area (Å²) in [4.78, 5) is 26.5. The largest absolute Gasteiger partial charge is 0.493 e. The lowest BCUT2D eigenvalue weighted by Crippen LogP contribution is -2.25. The van der Waals surface area contributed by atoms with Gasteiger partial charge in [0.25, 0.3) is 5.91 Å². The lowest BCUT2D eigenvalue weighted by molar-refractivity contribution is -0.139. The Labute approximate surface area is 220 Å². The number of nitriles is 1. The first-order chi connectivity index (χ1) is 17.9. The first-order valence-corrected chi connectivity index (χ1v) is 12.3. The molecule has 5 rings (SSSR count). The summed E-state index contributed by atoms with van der Waals surface area (Å²) in [6, 6.07) is 18.3. The number of carboxylic acid groups (broad SMARTS) is 1. The number of ether oxygens (including phenoxy) is 2. The number of amides is 1. The van der Waals surface area contributed by atoms with Crippen LogP contribution in [0.5, 0.6) is 17.2 Å². The van der Waals surface area contributed by atoms with Crippen LogP contribution in [0.1, 0.15) is 33.8 Å². The zero-order valence-corrected chi connectivity index (χ0v) is 20.6. The van der Waals surface area contributed by atoms with Crippen LogP contribution in [0.2, 0.25) is 5.02 Å². The van der Waals surface area contributed by atoms with Gasteiger partial charge in [-0.3, -0.25) is 14.5 Å². The fourth-order valence-corrected chi connectivity index (χ4v) is 4.64. The molecule has 4 aromatic rings. The number of hydrogen-bond acceptors (Lipinski definition) is 8. The van der Waals surface area contributed by atoms with Crippen LogP contribution in [-0.2, 0) is 4.79 Å². The molecule has 2 heterocycles. The van der Waals surface area contributed by atoms with Crippen molar-refractivity contribution in [3.8, 4) is 23.3 Å². The summed E-state index contributed by atoms with van der Waals surface area (Å²) < 4.78 is 11.5. The molecule has 0 spiro atoms. The summed E-state index contributed by atoms with van der Waals surface area (Å²) in [7, 11) is 0. The van der Waals surface area contributed by atoms with Crippen LogP contribution in [0.4, 0.5) is 10.8 Å². The zero-order valence-electron chi connectivity index (χ0n) is 19.0. The van der Waals surface area contributed by atoms with Crippen LogP contribution in [-0.4, -0.2) is 33.8 Å². The zero-order chi connectivity index (χ0) is 25.9. The van der Waals surface area contributed by atoms with Gasteiger partial charge in [-0.15, -0.1) is 10.2 Å². The maximum atomic E-state index is 13.4. The molecule has 9 nitrogen and oxygen atoms in total. The Balaban J connectivity index is 1.41. The van der Waals surface area contributed by atoms with Gasteiger partial charge in [0, 0.05) is 22.2 Å². The summed E-state index contributed by atoms with van der Waals surface area (Å²) in [6.07, 6.45) is 0.326. The predicted molar refractivity (Wildman–Crippen MR) is 136 cm³/mol. The number of fused-ring (bicyclic) bond motifs is 1. The number of carbonyl (C=O) groups is 2. The van der Waals surface area contributed by atoms with Gasteiger partial charge in [-0.1, -0.05) is 22.9 Å². The van der Waals surface area contributed by atoms with E-state index >= 15 is 0 Å². The third kappa shape index (κ3) is 4.95. The van der Waals surface area contributed by atoms with E-state index in [9.17, 15) is 20.0 Å². The maximum Gasteiger partial charge on any atom is 0.311 e. The molecule has 0 bridgehead atoms. The average molecular weight is 533 g/mol. The van der Waals surface area contributed by atoms with Crippen molar-refractivity contribution in [3.63, 3.8) is 0 Å². The van der Waals surface area contributed by atoms with E-state index in [0.29, 0.717) is 44.9 Å². The number of rotatable bonds is 6. The molecule has 11 heteroatoms. The fraction of sp³-hybridized carbons (Fsp3) is 0.115. The van der Waals surface area contributed by atoms with Gasteiger partial charge in [-0.05, 0) is 61.0 Å². The topological polar surface area (TPSA) is 126 Å². The number of halogens is 1. The average Bonchev–Trinajstić information content (AvgIpc) is 3.44. The standard InChI is InChI=1S/C26H17ClN4O5S/c27-17-3-5-18(6-4-17)31(26-30-29-14-37-26)24(32)15-1-7-19(8-2-15)36-22-12-23-21(11-16(22)13-28)20(25(33)34)9-10-35-23/h1-8,11-12,14,20H,9-10H2,(H,33,34). The molecule has 1 N–H and O–H groups in total. The normalized spacial score (nSPS) is 14.1. The SMILES string of the molecule is N#Cc1cc2c(cc1Oc1ccc(C(=O)N(c3ccc(Cl)cc3)c3nncs3)cc1)OCCC2C(=O)O. The Hall–Kier alpha value is -4.46. The van der Waals surface area contributed by atoms with Gasteiger partial charge in [0.2, 0.25) is 5.13 Å². The van der Waals surface area contributed by atoms with Gasteiger partial charge in [0.05, 0.1) is 23.8 Å². The van der Waals surface area contributed by atoms with E-state index in [-0.39, 0.29) is 23.8 Å². The van der Waals surface area contributed by atoms with Crippen molar-refractivity contribution in [3.05, 3.63) is 87.9 Å². The summed E-state index contributed by atoms with van der Waals surface area (Å²) in [5, 5.41) is 28.0. The first-order valence-electron chi connectivity index (χ1n) is 11.0. The monoisotopic (exact) mass is 532 g/mol. The second kappa shape index (κ2) is 10.3. The minimum atomic E-state index is -0.969. The second-order valence-corrected chi connectivity index (χ2v) is 9.24. The van der Waals surface area contributed by atoms with Crippen molar-refractivity contribution >= 4 is 45.6 Å². The summed E-state index contributed by atoms with van der Waals surface area (Å²) in [5.41, 5.74) is 3.12. The van der Waals surface area contributed by atoms with Crippen LogP contribution >= 0.6 is 22.9 Å². The van der Waals surface area contributed by atoms with E-state index in [0.717, 1.165) is 0 Å². The minimum Gasteiger partial charge on any atom is -0.493 e. The Morgan fingerprint density at radius 2 is 1.92 bits per heavy atom. The van der Waals surface area contributed by atoms with E-state index in [1.165, 1.54) is 33.9 Å². The third-order valence-electron chi connectivity index (χ3n) is 5.73. The molecule has 1 unspecified atom stereocenters. The number of aromatic nitrogens is 2. The lowest BCUT2D eigenvalue weighted by atomic mass is 9.91. The van der Waals surface area contributed by atoms with Crippen LogP contribution in [0.3, 0.4) is 0 Å². The third-order valence-corrected chi connectivity index (χ3v) is 6.65. The number of hydrogen-bond donors (Lipinski definition) is 1. The minimum absolute atomic E-state index is 0.181. The van der Waals surface area contributed by atoms with Crippen LogP contribution in [0.15, 0.2) is 66.2 Å². The number of aliphatic carboxylic acids is 1. The molecule has 1 aliphatic rings. The highest BCUT2D eigenvalue weighted by molar-refractivity contribution is 7.13. The molecule has 0 aliphatic carbocycles. The summed E-state index contributed by atoms with van der Waals surface area (Å²) in [6.45, 7) is 0.255. The van der Waals surface area contributed by atoms with Gasteiger partial charge in [-0.25, -0.2) is 0 Å². The predicted octanol–water partition coefficient (Wildman–Crippen LogP) is 5.78. The highest BCUT2D eigenvalue weighted by Gasteiger charge is 2.29. The number of carbonyl (C=O) groups excluding carboxylic acids is 1. The van der Waals surface area contributed by atoms with Crippen molar-refractivity contribution in [1.82, 2.24) is 10.2 Å². The van der Waals surface area contributed by atoms with E-state index in [1.807, 2.05) is 0 Å². The van der Waals surface area contributed by atoms with Gasteiger partial charge in [-0.2, -0.15) is 5.26 Å². The molecule has 0 saturated heterocycles. The van der Waals surface area contributed by atoms with Crippen molar-refractivity contribution < 1.29 is 24.2 Å². The quantitative estimate of drug-likeness (QED) is 0.331. The van der Waals surface area contributed by atoms with Gasteiger partial charge < -0.3 is 14.6 Å². The van der Waals surface area contributed by atoms with E-state index in [1.54, 1.807) is 48.5 Å². The van der Waals surface area contributed by atoms with E-state index < -0.39 is 11.9 Å². The van der Waals surface area contributed by atoms with Crippen molar-refractivity contribution in [1.29, 1.82) is 5.26 Å². The highest BCUT2D eigenvalue weighted by atomic mass is 35.5. The Morgan fingerprint density at radius 1 is 1.16 bits per heavy atom. The fourth-order valence-electron chi connectivity index (χ4n) is 3.94. The van der Waals surface area contributed by atoms with Gasteiger partial charge in [0.1, 0.15) is 28.8 Å². The smallest absolute Gasteiger partial charge is 0.311 e. The lowest BCUT2D eigenvalue weighted by Gasteiger charge is -2.24. The number of anilines is 2. The van der Waals surface area contributed by atoms with Crippen molar-refractivity contribution in [2.24, 2.45) is 0 Å². The van der Waals surface area contributed by atoms with Crippen molar-refractivity contribution in [2.45, 2.75) is 12.3 Å². The molecule has 184 valence electrons. The second-order valence-electron chi connectivity index (χ2n) is 7.99. The first kappa shape index (κ1) is 24.2. The Morgan fingerprint density at radius 3 is 2.57 bits per heavy atom. The van der Waals surface area contributed by atoms with E-state index in [4.69, 9.17) is 21.1 Å². The van der Waals surface area contributed by atoms with Gasteiger partial charge in [0.15, 0.2) is 0 Å². The number of benzene rings is 3. The van der Waals surface area contributed by atoms with Crippen molar-refractivity contribution in [2.75, 3.05) is 11.5 Å². The molecule has 0 radical (unpaired) electrons. The molecular formula is C26H17ClN4O5S. The Bertz CT molecular complexity index is 1500. The summed E-state index contributed by atoms with van der Waals surface area (Å²) >= 11 is 7.23. The highest BCUT2D eigenvalue weighted by Crippen LogP contribution is 2.40. The van der Waals surface area contributed by atoms with Gasteiger partial charge >= 0.3 is 5.97 Å². The number of nitrogens with zero attached hydrogens (tertiary/aromatic N) is 4. The summed E-state index contributed by atoms with van der Waals surface area (Å²) in [5.74, 6) is -1.06. The molecule has 1 atom stereocenters. The molecule has 0 fully saturated rings. The van der Waals surface area contributed by atoms with E-state index in [2.05, 4.69) is 16.3 Å². The van der Waals surface area contributed by atoms with Crippen LogP contribution in [0, 0.1) is 11.3 Å². The molecule has 37 heavy (non-hydrogen) atoms.